The molecule has 0 aliphatic rings. The van der Waals surface area contributed by atoms with Gasteiger partial charge in [0.15, 0.2) is 5.15 Å². The van der Waals surface area contributed by atoms with Crippen molar-refractivity contribution in [2.45, 2.75) is 40.2 Å². The van der Waals surface area contributed by atoms with Crippen molar-refractivity contribution in [2.24, 2.45) is 5.92 Å². The van der Waals surface area contributed by atoms with Crippen LogP contribution in [0, 0.1) is 5.92 Å². The molecule has 3 heteroatoms. The number of hydrogen-bond donors (Lipinski definition) is 0. The molecule has 0 aliphatic heterocycles. The fraction of sp³-hybridized carbons (Fsp3) is 0.700. The maximum atomic E-state index is 6.03. The summed E-state index contributed by atoms with van der Waals surface area (Å²) in [6, 6.07) is 0. The van der Waals surface area contributed by atoms with Crippen molar-refractivity contribution in [3.63, 3.8) is 0 Å². The molecule has 74 valence electrons. The molecule has 0 aliphatic carbocycles. The van der Waals surface area contributed by atoms with E-state index in [2.05, 4.69) is 32.8 Å². The van der Waals surface area contributed by atoms with Crippen LogP contribution in [0.15, 0.2) is 6.20 Å². The third kappa shape index (κ3) is 2.25. The highest BCUT2D eigenvalue weighted by atomic mass is 35.5. The number of rotatable bonds is 3. The van der Waals surface area contributed by atoms with Gasteiger partial charge in [0.1, 0.15) is 0 Å². The topological polar surface area (TPSA) is 17.8 Å². The lowest BCUT2D eigenvalue weighted by molar-refractivity contribution is 0.534. The molecule has 1 unspecified atom stereocenters. The standard InChI is InChI=1S/C10H17ClN2/c1-5-13-6-9(10(11)12-13)8(4)7(2)3/h6-8H,5H2,1-4H3. The van der Waals surface area contributed by atoms with Crippen molar-refractivity contribution in [1.82, 2.24) is 9.78 Å². The molecule has 1 atom stereocenters. The van der Waals surface area contributed by atoms with Gasteiger partial charge in [0.25, 0.3) is 0 Å². The van der Waals surface area contributed by atoms with Gasteiger partial charge in [0, 0.05) is 18.3 Å². The molecule has 0 amide bonds. The van der Waals surface area contributed by atoms with E-state index in [-0.39, 0.29) is 0 Å². The molecule has 0 saturated heterocycles. The molecule has 1 aromatic rings. The first-order valence-electron chi connectivity index (χ1n) is 4.79. The van der Waals surface area contributed by atoms with Crippen molar-refractivity contribution in [3.05, 3.63) is 16.9 Å². The summed E-state index contributed by atoms with van der Waals surface area (Å²) in [6.07, 6.45) is 2.05. The summed E-state index contributed by atoms with van der Waals surface area (Å²) in [5, 5.41) is 4.87. The Morgan fingerprint density at radius 2 is 2.08 bits per heavy atom. The molecule has 1 rings (SSSR count). The molecule has 0 fully saturated rings. The zero-order valence-corrected chi connectivity index (χ0v) is 9.47. The Morgan fingerprint density at radius 3 is 2.46 bits per heavy atom. The van der Waals surface area contributed by atoms with Crippen LogP contribution in [-0.2, 0) is 6.54 Å². The Morgan fingerprint density at radius 1 is 1.46 bits per heavy atom. The van der Waals surface area contributed by atoms with Crippen LogP contribution in [0.25, 0.3) is 0 Å². The fourth-order valence-electron chi connectivity index (χ4n) is 1.24. The minimum absolute atomic E-state index is 0.479. The highest BCUT2D eigenvalue weighted by Crippen LogP contribution is 2.28. The van der Waals surface area contributed by atoms with E-state index < -0.39 is 0 Å². The molecule has 0 aromatic carbocycles. The van der Waals surface area contributed by atoms with Gasteiger partial charge in [-0.3, -0.25) is 4.68 Å². The highest BCUT2D eigenvalue weighted by Gasteiger charge is 2.16. The molecule has 2 nitrogen and oxygen atoms in total. The van der Waals surface area contributed by atoms with Gasteiger partial charge in [-0.2, -0.15) is 5.10 Å². The van der Waals surface area contributed by atoms with Crippen LogP contribution in [0.1, 0.15) is 39.2 Å². The molecule has 0 bridgehead atoms. The number of hydrogen-bond acceptors (Lipinski definition) is 1. The number of aryl methyl sites for hydroxylation is 1. The van der Waals surface area contributed by atoms with Gasteiger partial charge >= 0.3 is 0 Å². The molecular formula is C10H17ClN2. The maximum absolute atomic E-state index is 6.03. The van der Waals surface area contributed by atoms with Gasteiger partial charge in [-0.1, -0.05) is 32.4 Å². The predicted octanol–water partition coefficient (Wildman–Crippen LogP) is 3.32. The van der Waals surface area contributed by atoms with Crippen LogP contribution < -0.4 is 0 Å². The number of nitrogens with zero attached hydrogens (tertiary/aromatic N) is 2. The second-order valence-corrected chi connectivity index (χ2v) is 4.12. The fourth-order valence-corrected chi connectivity index (χ4v) is 1.56. The average molecular weight is 201 g/mol. The summed E-state index contributed by atoms with van der Waals surface area (Å²) in [5.74, 6) is 1.08. The maximum Gasteiger partial charge on any atom is 0.154 e. The van der Waals surface area contributed by atoms with Gasteiger partial charge in [-0.25, -0.2) is 0 Å². The van der Waals surface area contributed by atoms with Gasteiger partial charge < -0.3 is 0 Å². The van der Waals surface area contributed by atoms with Gasteiger partial charge in [-0.15, -0.1) is 0 Å². The number of aromatic nitrogens is 2. The first-order valence-corrected chi connectivity index (χ1v) is 5.16. The molecule has 0 N–H and O–H groups in total. The van der Waals surface area contributed by atoms with E-state index >= 15 is 0 Å². The second-order valence-electron chi connectivity index (χ2n) is 3.76. The highest BCUT2D eigenvalue weighted by molar-refractivity contribution is 6.30. The quantitative estimate of drug-likeness (QED) is 0.732. The summed E-state index contributed by atoms with van der Waals surface area (Å²) in [6.45, 7) is 9.53. The first kappa shape index (κ1) is 10.6. The Kier molecular flexibility index (Phi) is 3.37. The largest absolute Gasteiger partial charge is 0.271 e. The molecule has 0 spiro atoms. The molecule has 13 heavy (non-hydrogen) atoms. The monoisotopic (exact) mass is 200 g/mol. The van der Waals surface area contributed by atoms with Crippen molar-refractivity contribution in [1.29, 1.82) is 0 Å². The lowest BCUT2D eigenvalue weighted by Crippen LogP contribution is -2.01. The summed E-state index contributed by atoms with van der Waals surface area (Å²) in [5.41, 5.74) is 1.17. The Labute approximate surface area is 84.9 Å². The minimum Gasteiger partial charge on any atom is -0.271 e. The van der Waals surface area contributed by atoms with E-state index in [1.165, 1.54) is 5.56 Å². The lowest BCUT2D eigenvalue weighted by Gasteiger charge is -2.13. The van der Waals surface area contributed by atoms with Gasteiger partial charge in [-0.05, 0) is 18.8 Å². The SMILES string of the molecule is CCn1cc(C(C)C(C)C)c(Cl)n1. The average Bonchev–Trinajstić information content (AvgIpc) is 2.45. The van der Waals surface area contributed by atoms with E-state index in [4.69, 9.17) is 11.6 Å². The molecular weight excluding hydrogens is 184 g/mol. The van der Waals surface area contributed by atoms with E-state index in [1.807, 2.05) is 10.9 Å². The summed E-state index contributed by atoms with van der Waals surface area (Å²) >= 11 is 6.03. The Hall–Kier alpha value is -0.500. The molecule has 1 aromatic heterocycles. The lowest BCUT2D eigenvalue weighted by atomic mass is 9.93. The molecule has 0 saturated carbocycles. The normalized spacial score (nSPS) is 13.7. The zero-order valence-electron chi connectivity index (χ0n) is 8.71. The van der Waals surface area contributed by atoms with Gasteiger partial charge in [0.05, 0.1) is 0 Å². The van der Waals surface area contributed by atoms with E-state index in [1.54, 1.807) is 0 Å². The zero-order chi connectivity index (χ0) is 10.0. The van der Waals surface area contributed by atoms with E-state index in [0.29, 0.717) is 17.0 Å². The van der Waals surface area contributed by atoms with Crippen molar-refractivity contribution in [3.8, 4) is 0 Å². The van der Waals surface area contributed by atoms with Crippen LogP contribution in [-0.4, -0.2) is 9.78 Å². The van der Waals surface area contributed by atoms with Crippen LogP contribution in [0.5, 0.6) is 0 Å². The summed E-state index contributed by atoms with van der Waals surface area (Å²) in [4.78, 5) is 0. The van der Waals surface area contributed by atoms with Crippen LogP contribution in [0.3, 0.4) is 0 Å². The minimum atomic E-state index is 0.479. The van der Waals surface area contributed by atoms with Crippen LogP contribution in [0.2, 0.25) is 5.15 Å². The predicted molar refractivity (Wildman–Crippen MR) is 56.2 cm³/mol. The third-order valence-corrected chi connectivity index (χ3v) is 2.85. The van der Waals surface area contributed by atoms with Crippen LogP contribution in [0.4, 0.5) is 0 Å². The van der Waals surface area contributed by atoms with Gasteiger partial charge in [0.2, 0.25) is 0 Å². The van der Waals surface area contributed by atoms with Crippen molar-refractivity contribution >= 4 is 11.6 Å². The summed E-state index contributed by atoms with van der Waals surface area (Å²) < 4.78 is 1.89. The Balaban J connectivity index is 2.93. The molecule has 1 heterocycles. The second kappa shape index (κ2) is 4.14. The summed E-state index contributed by atoms with van der Waals surface area (Å²) in [7, 11) is 0. The number of halogens is 1. The van der Waals surface area contributed by atoms with Crippen LogP contribution >= 0.6 is 11.6 Å². The first-order chi connectivity index (χ1) is 6.06. The van der Waals surface area contributed by atoms with E-state index in [0.717, 1.165) is 6.54 Å². The molecule has 0 radical (unpaired) electrons. The smallest absolute Gasteiger partial charge is 0.154 e. The third-order valence-electron chi connectivity index (χ3n) is 2.56. The van der Waals surface area contributed by atoms with Crippen molar-refractivity contribution in [2.75, 3.05) is 0 Å². The Bertz CT molecular complexity index is 278. The van der Waals surface area contributed by atoms with E-state index in [9.17, 15) is 0 Å². The van der Waals surface area contributed by atoms with Crippen molar-refractivity contribution < 1.29 is 0 Å².